The van der Waals surface area contributed by atoms with Crippen LogP contribution in [-0.2, 0) is 47.5 Å². The van der Waals surface area contributed by atoms with Crippen molar-refractivity contribution in [3.05, 3.63) is 23.8 Å². The molecule has 0 radical (unpaired) electrons. The Hall–Kier alpha value is -2.35. The first-order valence-corrected chi connectivity index (χ1v) is 14.3. The predicted molar refractivity (Wildman–Crippen MR) is 135 cm³/mol. The molecule has 2 aliphatic carbocycles. The number of carbonyl (C=O) groups excluding carboxylic acids is 3. The minimum Gasteiger partial charge on any atom is -0.463 e. The summed E-state index contributed by atoms with van der Waals surface area (Å²) in [6.45, 7) is 5.49. The van der Waals surface area contributed by atoms with Crippen molar-refractivity contribution in [1.29, 1.82) is 0 Å². The summed E-state index contributed by atoms with van der Waals surface area (Å²) in [5, 5.41) is 22.2. The number of hydrogen-bond donors (Lipinski definition) is 2. The van der Waals surface area contributed by atoms with Crippen LogP contribution < -0.4 is 0 Å². The highest BCUT2D eigenvalue weighted by molar-refractivity contribution is 5.82. The molecule has 2 N–H and O–H groups in total. The Morgan fingerprint density at radius 1 is 1.15 bits per heavy atom. The quantitative estimate of drug-likeness (QED) is 0.194. The lowest BCUT2D eigenvalue weighted by Gasteiger charge is -2.59. The average molecular weight is 577 g/mol. The number of ether oxygens (including phenoxy) is 7. The van der Waals surface area contributed by atoms with Crippen LogP contribution >= 0.6 is 0 Å². The van der Waals surface area contributed by atoms with Crippen molar-refractivity contribution >= 4 is 17.9 Å². The van der Waals surface area contributed by atoms with Gasteiger partial charge in [-0.1, -0.05) is 19.1 Å². The van der Waals surface area contributed by atoms with E-state index in [-0.39, 0.29) is 45.0 Å². The number of allylic oxidation sites excluding steroid dienone is 1. The summed E-state index contributed by atoms with van der Waals surface area (Å²) in [6.07, 6.45) is 1.04. The smallest absolute Gasteiger partial charge is 0.338 e. The monoisotopic (exact) mass is 576 g/mol. The first kappa shape index (κ1) is 27.5. The van der Waals surface area contributed by atoms with Crippen molar-refractivity contribution in [2.24, 2.45) is 10.8 Å². The standard InChI is InChI=1S/C29H36O12/c1-15-10-19-26(12-17(15)38-16(2)30)13-35-23(32)22-27(41-22)8-9-36-29(34,24(27)33)7-5-4-6-21(31)40-18-11-20(39-19)28(14-37-28)25(18,26)3/h4,6,10,17-20,22,24,33-34H,5,7-9,11-14H2,1-3H3/b6-4-/t17-,18+,19+,20+,22+,24+,25+,26+,27-,28?,29-/m0/s1. The summed E-state index contributed by atoms with van der Waals surface area (Å²) in [5.74, 6) is -3.67. The van der Waals surface area contributed by atoms with Crippen LogP contribution in [0.2, 0.25) is 0 Å². The van der Waals surface area contributed by atoms with Gasteiger partial charge in [-0.2, -0.15) is 0 Å². The second-order valence-electron chi connectivity index (χ2n) is 12.8. The van der Waals surface area contributed by atoms with Gasteiger partial charge in [0.1, 0.15) is 36.1 Å². The van der Waals surface area contributed by atoms with Gasteiger partial charge in [0.05, 0.1) is 36.3 Å². The van der Waals surface area contributed by atoms with E-state index in [1.807, 2.05) is 19.9 Å². The van der Waals surface area contributed by atoms with Gasteiger partial charge in [-0.05, 0) is 18.9 Å². The van der Waals surface area contributed by atoms with Gasteiger partial charge in [-0.25, -0.2) is 9.59 Å². The maximum atomic E-state index is 13.5. The molecule has 224 valence electrons. The van der Waals surface area contributed by atoms with Gasteiger partial charge in [-0.15, -0.1) is 0 Å². The normalized spacial score (nSPS) is 52.8. The van der Waals surface area contributed by atoms with E-state index in [0.29, 0.717) is 13.0 Å². The Kier molecular flexibility index (Phi) is 5.92. The van der Waals surface area contributed by atoms with Crippen molar-refractivity contribution in [1.82, 2.24) is 0 Å². The zero-order valence-electron chi connectivity index (χ0n) is 23.3. The molecule has 0 aromatic carbocycles. The van der Waals surface area contributed by atoms with E-state index in [1.165, 1.54) is 13.0 Å². The SMILES string of the molecule is CC(=O)O[C@H]1C[C@@]23COC(=O)[C@H]4O[C@@]45CCO[C@@](O)(CC/C=C\C(=O)O[C@@H]4C[C@@H](O[C@@H]2C=C1C)C1(CO1)[C@]43C)[C@@H]5O. The Morgan fingerprint density at radius 3 is 2.66 bits per heavy atom. The van der Waals surface area contributed by atoms with Crippen LogP contribution in [-0.4, -0.2) is 102 Å². The second-order valence-corrected chi connectivity index (χ2v) is 12.8. The molecule has 7 aliphatic rings. The Bertz CT molecular complexity index is 1240. The summed E-state index contributed by atoms with van der Waals surface area (Å²) in [5.41, 5.74) is -3.16. The Morgan fingerprint density at radius 2 is 1.93 bits per heavy atom. The Labute approximate surface area is 236 Å². The van der Waals surface area contributed by atoms with Gasteiger partial charge >= 0.3 is 17.9 Å². The fourth-order valence-electron chi connectivity index (χ4n) is 8.41. The number of hydrogen-bond acceptors (Lipinski definition) is 12. The lowest BCUT2D eigenvalue weighted by atomic mass is 9.51. The van der Waals surface area contributed by atoms with E-state index in [0.717, 1.165) is 5.57 Å². The molecule has 4 bridgehead atoms. The zero-order valence-corrected chi connectivity index (χ0v) is 23.3. The Balaban J connectivity index is 1.30. The number of cyclic esters (lactones) is 1. The van der Waals surface area contributed by atoms with Crippen molar-refractivity contribution in [3.8, 4) is 0 Å². The van der Waals surface area contributed by atoms with Crippen LogP contribution in [0.3, 0.4) is 0 Å². The number of aliphatic hydroxyl groups excluding tert-OH is 1. The molecule has 4 saturated heterocycles. The third kappa shape index (κ3) is 3.64. The minimum absolute atomic E-state index is 0.0210. The van der Waals surface area contributed by atoms with Crippen molar-refractivity contribution in [2.75, 3.05) is 19.8 Å². The van der Waals surface area contributed by atoms with Gasteiger partial charge < -0.3 is 43.4 Å². The first-order valence-electron chi connectivity index (χ1n) is 14.3. The van der Waals surface area contributed by atoms with E-state index in [2.05, 4.69) is 0 Å². The van der Waals surface area contributed by atoms with Gasteiger partial charge in [0.2, 0.25) is 0 Å². The molecule has 0 amide bonds. The van der Waals surface area contributed by atoms with Crippen LogP contribution in [0.5, 0.6) is 0 Å². The van der Waals surface area contributed by atoms with Crippen LogP contribution in [0.4, 0.5) is 0 Å². The summed E-state index contributed by atoms with van der Waals surface area (Å²) >= 11 is 0. The van der Waals surface area contributed by atoms with Crippen LogP contribution in [0, 0.1) is 10.8 Å². The number of esters is 3. The highest BCUT2D eigenvalue weighted by Crippen LogP contribution is 2.72. The molecule has 7 rings (SSSR count). The molecular formula is C29H36O12. The molecule has 12 nitrogen and oxygen atoms in total. The molecule has 0 aromatic heterocycles. The largest absolute Gasteiger partial charge is 0.463 e. The lowest BCUT2D eigenvalue weighted by Crippen LogP contribution is -2.68. The van der Waals surface area contributed by atoms with Gasteiger partial charge in [0.25, 0.3) is 0 Å². The molecule has 5 heterocycles. The highest BCUT2D eigenvalue weighted by Gasteiger charge is 2.84. The summed E-state index contributed by atoms with van der Waals surface area (Å²) in [6, 6.07) is 0. The van der Waals surface area contributed by atoms with E-state index in [9.17, 15) is 24.6 Å². The van der Waals surface area contributed by atoms with Crippen molar-refractivity contribution in [2.45, 2.75) is 106 Å². The third-order valence-corrected chi connectivity index (χ3v) is 10.9. The van der Waals surface area contributed by atoms with Crippen molar-refractivity contribution in [3.63, 3.8) is 0 Å². The topological polar surface area (TPSA) is 163 Å². The van der Waals surface area contributed by atoms with E-state index in [4.69, 9.17) is 33.2 Å². The van der Waals surface area contributed by atoms with Gasteiger partial charge in [0.15, 0.2) is 11.9 Å². The maximum Gasteiger partial charge on any atom is 0.338 e. The zero-order chi connectivity index (χ0) is 29.0. The fraction of sp³-hybridized carbons (Fsp3) is 0.759. The van der Waals surface area contributed by atoms with Crippen LogP contribution in [0.15, 0.2) is 23.8 Å². The lowest BCUT2D eigenvalue weighted by molar-refractivity contribution is -0.296. The van der Waals surface area contributed by atoms with E-state index >= 15 is 0 Å². The molecule has 41 heavy (non-hydrogen) atoms. The number of fused-ring (bicyclic) bond motifs is 1. The number of epoxide rings is 2. The molecule has 0 aromatic rings. The average Bonchev–Trinajstić information content (AvgIpc) is 3.82. The molecule has 12 heteroatoms. The summed E-state index contributed by atoms with van der Waals surface area (Å²) in [4.78, 5) is 38.7. The van der Waals surface area contributed by atoms with E-state index < -0.39 is 76.2 Å². The van der Waals surface area contributed by atoms with Crippen molar-refractivity contribution < 1.29 is 57.8 Å². The molecule has 5 fully saturated rings. The molecule has 1 unspecified atom stereocenters. The molecule has 1 saturated carbocycles. The first-order chi connectivity index (χ1) is 19.4. The second kappa shape index (κ2) is 8.84. The van der Waals surface area contributed by atoms with Gasteiger partial charge in [0, 0.05) is 38.7 Å². The summed E-state index contributed by atoms with van der Waals surface area (Å²) < 4.78 is 41.8. The molecule has 5 aliphatic heterocycles. The predicted octanol–water partition coefficient (Wildman–Crippen LogP) is 0.613. The van der Waals surface area contributed by atoms with E-state index in [1.54, 1.807) is 6.08 Å². The van der Waals surface area contributed by atoms with Crippen LogP contribution in [0.1, 0.15) is 52.9 Å². The number of aliphatic hydroxyl groups is 2. The molecule has 3 spiro atoms. The highest BCUT2D eigenvalue weighted by atomic mass is 16.7. The fourth-order valence-corrected chi connectivity index (χ4v) is 8.41. The summed E-state index contributed by atoms with van der Waals surface area (Å²) in [7, 11) is 0. The number of carbonyl (C=O) groups is 3. The molecule has 11 atom stereocenters. The number of rotatable bonds is 1. The van der Waals surface area contributed by atoms with Gasteiger partial charge in [-0.3, -0.25) is 4.79 Å². The molecular weight excluding hydrogens is 540 g/mol. The van der Waals surface area contributed by atoms with Crippen LogP contribution in [0.25, 0.3) is 0 Å². The maximum absolute atomic E-state index is 13.5. The third-order valence-electron chi connectivity index (χ3n) is 10.9. The minimum atomic E-state index is -1.96.